The number of amides is 2. The standard InChI is InChI=1S/C23H29F3N2O5/c1-2-3-4-12-20(29)28-22(31)33-18(13-27-21(30)23(24,25)26)15-32-14-17-10-7-9-16-8-5-6-11-19(16)17/h5-11,18,20,29H,2-4,12-15H2,1H3,(H,27,30)(H,28,31)/t18-,20-/m0/s1. The number of fused-ring (bicyclic) bond motifs is 1. The molecule has 0 aliphatic heterocycles. The molecule has 0 fully saturated rings. The molecule has 2 atom stereocenters. The SMILES string of the molecule is CCCCC[C@H](O)NC(=O)O[C@@H](CNC(=O)C(F)(F)F)COCc1cccc2ccccc12. The number of ether oxygens (including phenoxy) is 2. The Kier molecular flexibility index (Phi) is 10.4. The van der Waals surface area contributed by atoms with Crippen LogP contribution in [0.1, 0.15) is 38.2 Å². The number of halogens is 3. The summed E-state index contributed by atoms with van der Waals surface area (Å²) in [6, 6.07) is 13.3. The highest BCUT2D eigenvalue weighted by atomic mass is 19.4. The third-order valence-corrected chi connectivity index (χ3v) is 4.83. The predicted octanol–water partition coefficient (Wildman–Crippen LogP) is 4.03. The van der Waals surface area contributed by atoms with Gasteiger partial charge < -0.3 is 19.9 Å². The van der Waals surface area contributed by atoms with E-state index in [0.29, 0.717) is 12.8 Å². The number of unbranched alkanes of at least 4 members (excludes halogenated alkanes) is 2. The first-order valence-electron chi connectivity index (χ1n) is 10.7. The summed E-state index contributed by atoms with van der Waals surface area (Å²) in [5, 5.41) is 15.7. The van der Waals surface area contributed by atoms with Crippen LogP contribution in [0.3, 0.4) is 0 Å². The lowest BCUT2D eigenvalue weighted by atomic mass is 10.1. The number of alkyl carbamates (subject to hydrolysis) is 1. The van der Waals surface area contributed by atoms with Crippen molar-refractivity contribution in [1.29, 1.82) is 0 Å². The van der Waals surface area contributed by atoms with Crippen molar-refractivity contribution < 1.29 is 37.3 Å². The van der Waals surface area contributed by atoms with Gasteiger partial charge in [-0.3, -0.25) is 10.1 Å². The van der Waals surface area contributed by atoms with Gasteiger partial charge in [-0.1, -0.05) is 62.2 Å². The van der Waals surface area contributed by atoms with Gasteiger partial charge in [0.25, 0.3) is 0 Å². The first-order valence-corrected chi connectivity index (χ1v) is 10.7. The van der Waals surface area contributed by atoms with Crippen LogP contribution in [0.25, 0.3) is 10.8 Å². The van der Waals surface area contributed by atoms with E-state index in [1.807, 2.05) is 49.4 Å². The van der Waals surface area contributed by atoms with Crippen LogP contribution in [0, 0.1) is 0 Å². The van der Waals surface area contributed by atoms with E-state index in [4.69, 9.17) is 9.47 Å². The summed E-state index contributed by atoms with van der Waals surface area (Å²) in [6.07, 6.45) is -5.60. The summed E-state index contributed by atoms with van der Waals surface area (Å²) >= 11 is 0. The first kappa shape index (κ1) is 26.4. The van der Waals surface area contributed by atoms with Crippen LogP contribution >= 0.6 is 0 Å². The number of hydrogen-bond acceptors (Lipinski definition) is 5. The number of carbonyl (C=O) groups is 2. The molecule has 2 aromatic carbocycles. The van der Waals surface area contributed by atoms with Gasteiger partial charge in [-0.2, -0.15) is 13.2 Å². The van der Waals surface area contributed by atoms with Crippen molar-refractivity contribution in [2.45, 2.75) is 57.7 Å². The van der Waals surface area contributed by atoms with E-state index < -0.39 is 37.1 Å². The Bertz CT molecular complexity index is 902. The van der Waals surface area contributed by atoms with Crippen molar-refractivity contribution in [3.05, 3.63) is 48.0 Å². The second-order valence-electron chi connectivity index (χ2n) is 7.54. The summed E-state index contributed by atoms with van der Waals surface area (Å²) in [5.74, 6) is -2.15. The molecule has 182 valence electrons. The molecule has 33 heavy (non-hydrogen) atoms. The molecule has 0 unspecified atom stereocenters. The predicted molar refractivity (Wildman–Crippen MR) is 116 cm³/mol. The van der Waals surface area contributed by atoms with Gasteiger partial charge in [0.15, 0.2) is 0 Å². The van der Waals surface area contributed by atoms with E-state index in [1.54, 1.807) is 5.32 Å². The first-order chi connectivity index (χ1) is 15.7. The second-order valence-corrected chi connectivity index (χ2v) is 7.54. The van der Waals surface area contributed by atoms with Gasteiger partial charge >= 0.3 is 18.2 Å². The maximum Gasteiger partial charge on any atom is 0.471 e. The molecular weight excluding hydrogens is 441 g/mol. The normalized spacial score (nSPS) is 13.4. The van der Waals surface area contributed by atoms with Gasteiger partial charge in [-0.25, -0.2) is 4.79 Å². The lowest BCUT2D eigenvalue weighted by Gasteiger charge is -2.21. The third kappa shape index (κ3) is 9.27. The van der Waals surface area contributed by atoms with Gasteiger partial charge in [0.2, 0.25) is 0 Å². The molecule has 2 rings (SSSR count). The molecule has 0 spiro atoms. The van der Waals surface area contributed by atoms with Crippen molar-refractivity contribution in [2.75, 3.05) is 13.2 Å². The summed E-state index contributed by atoms with van der Waals surface area (Å²) in [7, 11) is 0. The number of nitrogens with one attached hydrogen (secondary N) is 2. The molecule has 2 aromatic rings. The van der Waals surface area contributed by atoms with E-state index in [1.165, 1.54) is 0 Å². The number of carbonyl (C=O) groups excluding carboxylic acids is 2. The summed E-state index contributed by atoms with van der Waals surface area (Å²) in [6.45, 7) is 1.25. The smallest absolute Gasteiger partial charge is 0.442 e. The average molecular weight is 470 g/mol. The minimum Gasteiger partial charge on any atom is -0.442 e. The van der Waals surface area contributed by atoms with Crippen LogP contribution in [-0.2, 0) is 20.9 Å². The topological polar surface area (TPSA) is 96.9 Å². The fourth-order valence-electron chi connectivity index (χ4n) is 3.14. The minimum atomic E-state index is -5.06. The molecule has 0 aromatic heterocycles. The molecule has 2 amide bonds. The quantitative estimate of drug-likeness (QED) is 0.322. The molecular formula is C23H29F3N2O5. The van der Waals surface area contributed by atoms with Gasteiger partial charge in [-0.05, 0) is 29.2 Å². The Labute approximate surface area is 190 Å². The lowest BCUT2D eigenvalue weighted by Crippen LogP contribution is -2.45. The molecule has 0 bridgehead atoms. The van der Waals surface area contributed by atoms with Crippen LogP contribution < -0.4 is 10.6 Å². The molecule has 0 saturated heterocycles. The lowest BCUT2D eigenvalue weighted by molar-refractivity contribution is -0.174. The largest absolute Gasteiger partial charge is 0.471 e. The fourth-order valence-corrected chi connectivity index (χ4v) is 3.14. The molecule has 0 radical (unpaired) electrons. The number of hydrogen-bond donors (Lipinski definition) is 3. The minimum absolute atomic E-state index is 0.121. The van der Waals surface area contributed by atoms with Crippen molar-refractivity contribution in [1.82, 2.24) is 10.6 Å². The second kappa shape index (κ2) is 13.0. The number of aliphatic hydroxyl groups is 1. The maximum absolute atomic E-state index is 12.5. The number of alkyl halides is 3. The molecule has 7 nitrogen and oxygen atoms in total. The highest BCUT2D eigenvalue weighted by Crippen LogP contribution is 2.19. The van der Waals surface area contributed by atoms with Crippen LogP contribution in [0.15, 0.2) is 42.5 Å². The van der Waals surface area contributed by atoms with Gasteiger partial charge in [-0.15, -0.1) is 0 Å². The molecule has 0 aliphatic carbocycles. The Hall–Kier alpha value is -2.85. The number of rotatable bonds is 12. The summed E-state index contributed by atoms with van der Waals surface area (Å²) < 4.78 is 48.2. The molecule has 0 heterocycles. The zero-order chi connectivity index (χ0) is 24.3. The van der Waals surface area contributed by atoms with Crippen molar-refractivity contribution in [2.24, 2.45) is 0 Å². The van der Waals surface area contributed by atoms with Crippen molar-refractivity contribution in [3.63, 3.8) is 0 Å². The Morgan fingerprint density at radius 3 is 2.55 bits per heavy atom. The van der Waals surface area contributed by atoms with Gasteiger partial charge in [0.1, 0.15) is 12.3 Å². The van der Waals surface area contributed by atoms with Crippen LogP contribution in [0.4, 0.5) is 18.0 Å². The number of benzene rings is 2. The molecule has 0 aliphatic rings. The average Bonchev–Trinajstić information content (AvgIpc) is 2.76. The van der Waals surface area contributed by atoms with Crippen LogP contribution in [-0.4, -0.2) is 48.8 Å². The van der Waals surface area contributed by atoms with E-state index in [9.17, 15) is 27.9 Å². The zero-order valence-electron chi connectivity index (χ0n) is 18.4. The maximum atomic E-state index is 12.5. The molecule has 0 saturated carbocycles. The monoisotopic (exact) mass is 470 g/mol. The highest BCUT2D eigenvalue weighted by molar-refractivity contribution is 5.85. The summed E-state index contributed by atoms with van der Waals surface area (Å²) in [5.41, 5.74) is 0.849. The van der Waals surface area contributed by atoms with Gasteiger partial charge in [0, 0.05) is 0 Å². The highest BCUT2D eigenvalue weighted by Gasteiger charge is 2.38. The van der Waals surface area contributed by atoms with Crippen LogP contribution in [0.5, 0.6) is 0 Å². The van der Waals surface area contributed by atoms with Crippen molar-refractivity contribution in [3.8, 4) is 0 Å². The van der Waals surface area contributed by atoms with E-state index in [-0.39, 0.29) is 13.2 Å². The number of aliphatic hydroxyl groups excluding tert-OH is 1. The van der Waals surface area contributed by atoms with E-state index in [2.05, 4.69) is 5.32 Å². The van der Waals surface area contributed by atoms with Gasteiger partial charge in [0.05, 0.1) is 19.8 Å². The molecule has 3 N–H and O–H groups in total. The van der Waals surface area contributed by atoms with E-state index in [0.717, 1.165) is 29.2 Å². The zero-order valence-corrected chi connectivity index (χ0v) is 18.4. The van der Waals surface area contributed by atoms with E-state index >= 15 is 0 Å². The Morgan fingerprint density at radius 2 is 1.82 bits per heavy atom. The fraction of sp³-hybridized carbons (Fsp3) is 0.478. The Balaban J connectivity index is 1.94. The molecule has 10 heteroatoms. The third-order valence-electron chi connectivity index (χ3n) is 4.83. The van der Waals surface area contributed by atoms with Crippen LogP contribution in [0.2, 0.25) is 0 Å². The Morgan fingerprint density at radius 1 is 1.09 bits per heavy atom. The van der Waals surface area contributed by atoms with Crippen molar-refractivity contribution >= 4 is 22.8 Å². The summed E-state index contributed by atoms with van der Waals surface area (Å²) in [4.78, 5) is 23.2.